The van der Waals surface area contributed by atoms with Crippen molar-refractivity contribution < 1.29 is 17.9 Å². The van der Waals surface area contributed by atoms with Crippen LogP contribution in [-0.2, 0) is 14.8 Å². The third kappa shape index (κ3) is 5.04. The van der Waals surface area contributed by atoms with Gasteiger partial charge in [0, 0.05) is 18.8 Å². The van der Waals surface area contributed by atoms with Crippen molar-refractivity contribution in [1.29, 1.82) is 0 Å². The maximum Gasteiger partial charge on any atom is 0.262 e. The summed E-state index contributed by atoms with van der Waals surface area (Å²) in [6.45, 7) is 4.29. The van der Waals surface area contributed by atoms with Gasteiger partial charge in [0.15, 0.2) is 6.61 Å². The maximum atomic E-state index is 12.4. The highest BCUT2D eigenvalue weighted by Crippen LogP contribution is 2.18. The van der Waals surface area contributed by atoms with E-state index in [9.17, 15) is 13.2 Å². The number of benzene rings is 2. The van der Waals surface area contributed by atoms with Gasteiger partial charge < -0.3 is 10.1 Å². The summed E-state index contributed by atoms with van der Waals surface area (Å²) in [7, 11) is -3.50. The third-order valence-corrected chi connectivity index (χ3v) is 5.66. The minimum atomic E-state index is -3.50. The second-order valence-electron chi connectivity index (χ2n) is 5.26. The predicted octanol–water partition coefficient (Wildman–Crippen LogP) is 2.73. The van der Waals surface area contributed by atoms with E-state index in [-0.39, 0.29) is 17.4 Å². The van der Waals surface area contributed by atoms with Crippen LogP contribution in [0.1, 0.15) is 13.8 Å². The minimum absolute atomic E-state index is 0.122. The van der Waals surface area contributed by atoms with Crippen molar-refractivity contribution in [3.8, 4) is 5.75 Å². The highest BCUT2D eigenvalue weighted by molar-refractivity contribution is 7.89. The second kappa shape index (κ2) is 8.64. The molecule has 0 bridgehead atoms. The van der Waals surface area contributed by atoms with Gasteiger partial charge in [0.05, 0.1) is 4.90 Å². The van der Waals surface area contributed by atoms with Gasteiger partial charge >= 0.3 is 0 Å². The smallest absolute Gasteiger partial charge is 0.262 e. The summed E-state index contributed by atoms with van der Waals surface area (Å²) >= 11 is 0. The molecule has 0 saturated heterocycles. The third-order valence-electron chi connectivity index (χ3n) is 3.59. The predicted molar refractivity (Wildman–Crippen MR) is 97.1 cm³/mol. The Morgan fingerprint density at radius 2 is 1.60 bits per heavy atom. The minimum Gasteiger partial charge on any atom is -0.484 e. The molecule has 2 aromatic carbocycles. The molecular formula is C18H22N2O4S. The SMILES string of the molecule is CCN(CC)S(=O)(=O)c1ccc(NC(=O)COc2ccccc2)cc1. The maximum absolute atomic E-state index is 12.4. The fourth-order valence-electron chi connectivity index (χ4n) is 2.29. The molecule has 0 heterocycles. The van der Waals surface area contributed by atoms with E-state index in [1.807, 2.05) is 18.2 Å². The summed E-state index contributed by atoms with van der Waals surface area (Å²) in [5.74, 6) is 0.293. The lowest BCUT2D eigenvalue weighted by atomic mass is 10.3. The number of hydrogen-bond acceptors (Lipinski definition) is 4. The van der Waals surface area contributed by atoms with Crippen molar-refractivity contribution in [2.24, 2.45) is 0 Å². The van der Waals surface area contributed by atoms with Crippen LogP contribution in [0.2, 0.25) is 0 Å². The van der Waals surface area contributed by atoms with Gasteiger partial charge in [-0.15, -0.1) is 0 Å². The van der Waals surface area contributed by atoms with Crippen LogP contribution in [0.3, 0.4) is 0 Å². The van der Waals surface area contributed by atoms with E-state index >= 15 is 0 Å². The Balaban J connectivity index is 1.97. The van der Waals surface area contributed by atoms with Gasteiger partial charge in [-0.25, -0.2) is 8.42 Å². The first-order chi connectivity index (χ1) is 12.0. The monoisotopic (exact) mass is 362 g/mol. The largest absolute Gasteiger partial charge is 0.484 e. The quantitative estimate of drug-likeness (QED) is 0.783. The first kappa shape index (κ1) is 19.0. The van der Waals surface area contributed by atoms with Gasteiger partial charge in [-0.3, -0.25) is 4.79 Å². The van der Waals surface area contributed by atoms with E-state index in [0.29, 0.717) is 24.5 Å². The Morgan fingerprint density at radius 3 is 2.16 bits per heavy atom. The zero-order chi connectivity index (χ0) is 18.3. The van der Waals surface area contributed by atoms with Crippen LogP contribution in [0.25, 0.3) is 0 Å². The Labute approximate surface area is 148 Å². The van der Waals surface area contributed by atoms with Crippen LogP contribution < -0.4 is 10.1 Å². The first-order valence-corrected chi connectivity index (χ1v) is 9.49. The number of hydrogen-bond donors (Lipinski definition) is 1. The number of rotatable bonds is 8. The molecule has 0 spiro atoms. The Kier molecular flexibility index (Phi) is 6.55. The normalized spacial score (nSPS) is 11.3. The highest BCUT2D eigenvalue weighted by Gasteiger charge is 2.21. The molecule has 0 aromatic heterocycles. The molecule has 6 nitrogen and oxygen atoms in total. The summed E-state index contributed by atoms with van der Waals surface area (Å²) in [6.07, 6.45) is 0. The van der Waals surface area contributed by atoms with Gasteiger partial charge in [-0.2, -0.15) is 4.31 Å². The molecule has 0 fully saturated rings. The Morgan fingerprint density at radius 1 is 1.00 bits per heavy atom. The van der Waals surface area contributed by atoms with Crippen molar-refractivity contribution in [2.75, 3.05) is 25.0 Å². The van der Waals surface area contributed by atoms with Crippen molar-refractivity contribution in [2.45, 2.75) is 18.7 Å². The van der Waals surface area contributed by atoms with Crippen LogP contribution in [0, 0.1) is 0 Å². The standard InChI is InChI=1S/C18H22N2O4S/c1-3-20(4-2)25(22,23)17-12-10-15(11-13-17)19-18(21)14-24-16-8-6-5-7-9-16/h5-13H,3-4,14H2,1-2H3,(H,19,21). The molecule has 2 rings (SSSR count). The highest BCUT2D eigenvalue weighted by atomic mass is 32.2. The molecule has 0 aliphatic rings. The lowest BCUT2D eigenvalue weighted by Crippen LogP contribution is -2.30. The van der Waals surface area contributed by atoms with Crippen LogP contribution in [-0.4, -0.2) is 38.3 Å². The molecule has 0 aliphatic heterocycles. The van der Waals surface area contributed by atoms with E-state index in [2.05, 4.69) is 5.32 Å². The molecule has 7 heteroatoms. The lowest BCUT2D eigenvalue weighted by molar-refractivity contribution is -0.118. The molecule has 25 heavy (non-hydrogen) atoms. The van der Waals surface area contributed by atoms with Gasteiger partial charge in [0.1, 0.15) is 5.75 Å². The number of anilines is 1. The van der Waals surface area contributed by atoms with Crippen molar-refractivity contribution >= 4 is 21.6 Å². The molecule has 2 aromatic rings. The zero-order valence-corrected chi connectivity index (χ0v) is 15.1. The molecule has 0 radical (unpaired) electrons. The van der Waals surface area contributed by atoms with Gasteiger partial charge in [-0.05, 0) is 36.4 Å². The Hall–Kier alpha value is -2.38. The molecule has 1 amide bonds. The van der Waals surface area contributed by atoms with Crippen LogP contribution in [0.5, 0.6) is 5.75 Å². The topological polar surface area (TPSA) is 75.7 Å². The summed E-state index contributed by atoms with van der Waals surface area (Å²) in [4.78, 5) is 12.1. The number of nitrogens with zero attached hydrogens (tertiary/aromatic N) is 1. The first-order valence-electron chi connectivity index (χ1n) is 8.05. The molecule has 134 valence electrons. The van der Waals surface area contributed by atoms with Gasteiger partial charge in [0.2, 0.25) is 10.0 Å². The average molecular weight is 362 g/mol. The van der Waals surface area contributed by atoms with Gasteiger partial charge in [-0.1, -0.05) is 32.0 Å². The molecule has 0 aliphatic carbocycles. The summed E-state index contributed by atoms with van der Waals surface area (Å²) < 4.78 is 31.6. The molecular weight excluding hydrogens is 340 g/mol. The number of sulfonamides is 1. The molecule has 1 N–H and O–H groups in total. The zero-order valence-electron chi connectivity index (χ0n) is 14.3. The Bertz CT molecular complexity index is 786. The fraction of sp³-hybridized carbons (Fsp3) is 0.278. The van der Waals surface area contributed by atoms with E-state index in [4.69, 9.17) is 4.74 Å². The number of para-hydroxylation sites is 1. The van der Waals surface area contributed by atoms with E-state index in [1.54, 1.807) is 38.1 Å². The number of amides is 1. The van der Waals surface area contributed by atoms with Crippen LogP contribution >= 0.6 is 0 Å². The summed E-state index contributed by atoms with van der Waals surface area (Å²) in [6, 6.07) is 15.1. The fourth-order valence-corrected chi connectivity index (χ4v) is 3.74. The lowest BCUT2D eigenvalue weighted by Gasteiger charge is -2.18. The summed E-state index contributed by atoms with van der Waals surface area (Å²) in [5.41, 5.74) is 0.514. The van der Waals surface area contributed by atoms with Crippen LogP contribution in [0.15, 0.2) is 59.5 Å². The van der Waals surface area contributed by atoms with Gasteiger partial charge in [0.25, 0.3) is 5.91 Å². The number of carbonyl (C=O) groups is 1. The van der Waals surface area contributed by atoms with Crippen molar-refractivity contribution in [1.82, 2.24) is 4.31 Å². The number of ether oxygens (including phenoxy) is 1. The number of nitrogens with one attached hydrogen (secondary N) is 1. The average Bonchev–Trinajstić information content (AvgIpc) is 2.62. The van der Waals surface area contributed by atoms with E-state index < -0.39 is 10.0 Å². The molecule has 0 atom stereocenters. The van der Waals surface area contributed by atoms with E-state index in [1.165, 1.54) is 16.4 Å². The molecule has 0 saturated carbocycles. The molecule has 0 unspecified atom stereocenters. The number of carbonyl (C=O) groups excluding carboxylic acids is 1. The van der Waals surface area contributed by atoms with Crippen molar-refractivity contribution in [3.63, 3.8) is 0 Å². The van der Waals surface area contributed by atoms with E-state index in [0.717, 1.165) is 0 Å². The van der Waals surface area contributed by atoms with Crippen molar-refractivity contribution in [3.05, 3.63) is 54.6 Å². The summed E-state index contributed by atoms with van der Waals surface area (Å²) in [5, 5.41) is 2.68. The second-order valence-corrected chi connectivity index (χ2v) is 7.20. The van der Waals surface area contributed by atoms with Crippen LogP contribution in [0.4, 0.5) is 5.69 Å².